The molecule has 0 unspecified atom stereocenters. The van der Waals surface area contributed by atoms with Crippen LogP contribution in [-0.2, 0) is 0 Å². The van der Waals surface area contributed by atoms with E-state index in [-0.39, 0.29) is 5.78 Å². The fraction of sp³-hybridized carbons (Fsp3) is 0.643. The van der Waals surface area contributed by atoms with Crippen molar-refractivity contribution >= 4 is 40.3 Å². The van der Waals surface area contributed by atoms with Gasteiger partial charge in [-0.2, -0.15) is 0 Å². The van der Waals surface area contributed by atoms with Crippen molar-refractivity contribution in [3.63, 3.8) is 0 Å². The van der Waals surface area contributed by atoms with E-state index in [9.17, 15) is 4.79 Å². The summed E-state index contributed by atoms with van der Waals surface area (Å²) in [5, 5.41) is 0. The fourth-order valence-electron chi connectivity index (χ4n) is 1.91. The van der Waals surface area contributed by atoms with Gasteiger partial charge in [0, 0.05) is 12.0 Å². The van der Waals surface area contributed by atoms with Gasteiger partial charge in [-0.05, 0) is 12.5 Å². The van der Waals surface area contributed by atoms with Crippen molar-refractivity contribution < 1.29 is 4.79 Å². The average Bonchev–Trinajstić information content (AvgIpc) is 2.67. The van der Waals surface area contributed by atoms with Gasteiger partial charge in [0.25, 0.3) is 0 Å². The topological polar surface area (TPSA) is 17.1 Å². The zero-order valence-electron chi connectivity index (χ0n) is 10.8. The molecule has 0 aliphatic rings. The van der Waals surface area contributed by atoms with Crippen LogP contribution in [0, 0.1) is 0 Å². The third-order valence-corrected chi connectivity index (χ3v) is 4.45. The molecule has 1 heterocycles. The normalized spacial score (nSPS) is 10.8. The summed E-state index contributed by atoms with van der Waals surface area (Å²) in [4.78, 5) is 11.9. The minimum atomic E-state index is 0.122. The molecule has 0 aliphatic heterocycles. The van der Waals surface area contributed by atoms with Crippen molar-refractivity contribution in [1.29, 1.82) is 0 Å². The lowest BCUT2D eigenvalue weighted by atomic mass is 10.0. The highest BCUT2D eigenvalue weighted by Gasteiger charge is 2.13. The molecule has 0 bridgehead atoms. The number of ketones is 1. The third-order valence-electron chi connectivity index (χ3n) is 2.96. The maximum atomic E-state index is 11.9. The molecule has 0 N–H and O–H groups in total. The Morgan fingerprint density at radius 1 is 1.11 bits per heavy atom. The zero-order valence-corrected chi connectivity index (χ0v) is 13.1. The van der Waals surface area contributed by atoms with E-state index in [0.29, 0.717) is 20.7 Å². The van der Waals surface area contributed by atoms with Crippen LogP contribution in [0.15, 0.2) is 6.07 Å². The molecule has 0 aliphatic carbocycles. The van der Waals surface area contributed by atoms with Crippen LogP contribution in [0.2, 0.25) is 8.67 Å². The molecule has 0 amide bonds. The van der Waals surface area contributed by atoms with Gasteiger partial charge in [0.1, 0.15) is 4.34 Å². The quantitative estimate of drug-likeness (QED) is 0.382. The van der Waals surface area contributed by atoms with Crippen LogP contribution in [-0.4, -0.2) is 5.78 Å². The highest BCUT2D eigenvalue weighted by Crippen LogP contribution is 2.32. The predicted molar refractivity (Wildman–Crippen MR) is 81.3 cm³/mol. The van der Waals surface area contributed by atoms with Crippen molar-refractivity contribution in [2.45, 2.75) is 58.3 Å². The Bertz CT molecular complexity index is 374. The summed E-state index contributed by atoms with van der Waals surface area (Å²) in [6, 6.07) is 1.68. The molecule has 1 nitrogen and oxygen atoms in total. The summed E-state index contributed by atoms with van der Waals surface area (Å²) in [6.45, 7) is 2.22. The lowest BCUT2D eigenvalue weighted by Gasteiger charge is -2.01. The van der Waals surface area contributed by atoms with Gasteiger partial charge in [-0.3, -0.25) is 4.79 Å². The van der Waals surface area contributed by atoms with E-state index in [2.05, 4.69) is 6.92 Å². The number of unbranched alkanes of at least 4 members (excludes halogenated alkanes) is 6. The Morgan fingerprint density at radius 2 is 1.72 bits per heavy atom. The number of hydrogen-bond acceptors (Lipinski definition) is 2. The molecule has 0 radical (unpaired) electrons. The molecule has 0 aromatic carbocycles. The van der Waals surface area contributed by atoms with E-state index >= 15 is 0 Å². The van der Waals surface area contributed by atoms with Gasteiger partial charge in [0.2, 0.25) is 0 Å². The third kappa shape index (κ3) is 5.73. The van der Waals surface area contributed by atoms with Gasteiger partial charge < -0.3 is 0 Å². The lowest BCUT2D eigenvalue weighted by molar-refractivity contribution is 0.0979. The van der Waals surface area contributed by atoms with E-state index in [1.807, 2.05) is 0 Å². The number of thiophene rings is 1. The number of carbonyl (C=O) groups excluding carboxylic acids is 1. The summed E-state index contributed by atoms with van der Waals surface area (Å²) < 4.78 is 1.11. The summed E-state index contributed by atoms with van der Waals surface area (Å²) in [5.74, 6) is 0.122. The Balaban J connectivity index is 2.16. The van der Waals surface area contributed by atoms with Crippen molar-refractivity contribution in [3.05, 3.63) is 20.3 Å². The minimum absolute atomic E-state index is 0.122. The second kappa shape index (κ2) is 8.95. The van der Waals surface area contributed by atoms with Crippen LogP contribution in [0.25, 0.3) is 0 Å². The Hall–Kier alpha value is -0.0500. The maximum absolute atomic E-state index is 11.9. The van der Waals surface area contributed by atoms with Crippen molar-refractivity contribution in [2.24, 2.45) is 0 Å². The van der Waals surface area contributed by atoms with Crippen LogP contribution in [0.3, 0.4) is 0 Å². The number of Topliss-reactive ketones (excluding diaryl/α,β-unsaturated/α-hetero) is 1. The predicted octanol–water partition coefficient (Wildman–Crippen LogP) is 6.38. The smallest absolute Gasteiger partial charge is 0.165 e. The number of rotatable bonds is 9. The molecule has 0 fully saturated rings. The summed E-state index contributed by atoms with van der Waals surface area (Å²) in [6.07, 6.45) is 9.09. The van der Waals surface area contributed by atoms with E-state index in [1.54, 1.807) is 6.07 Å². The van der Waals surface area contributed by atoms with Gasteiger partial charge >= 0.3 is 0 Å². The van der Waals surface area contributed by atoms with Gasteiger partial charge in [-0.15, -0.1) is 11.3 Å². The number of halogens is 2. The van der Waals surface area contributed by atoms with Gasteiger partial charge in [0.15, 0.2) is 5.78 Å². The molecular formula is C14H20Cl2OS. The molecule has 0 saturated carbocycles. The van der Waals surface area contributed by atoms with E-state index in [4.69, 9.17) is 23.2 Å². The molecule has 0 saturated heterocycles. The summed E-state index contributed by atoms with van der Waals surface area (Å²) in [7, 11) is 0. The van der Waals surface area contributed by atoms with E-state index in [1.165, 1.54) is 43.4 Å². The van der Waals surface area contributed by atoms with E-state index in [0.717, 1.165) is 12.8 Å². The molecule has 1 aromatic heterocycles. The van der Waals surface area contributed by atoms with E-state index < -0.39 is 0 Å². The molecule has 0 atom stereocenters. The van der Waals surface area contributed by atoms with Crippen LogP contribution < -0.4 is 0 Å². The largest absolute Gasteiger partial charge is 0.294 e. The highest BCUT2D eigenvalue weighted by atomic mass is 35.5. The number of carbonyl (C=O) groups is 1. The molecule has 0 spiro atoms. The minimum Gasteiger partial charge on any atom is -0.294 e. The SMILES string of the molecule is CCCCCCCCCC(=O)c1cc(Cl)sc1Cl. The van der Waals surface area contributed by atoms with Gasteiger partial charge in [-0.1, -0.05) is 68.7 Å². The first-order chi connectivity index (χ1) is 8.65. The average molecular weight is 307 g/mol. The van der Waals surface area contributed by atoms with Crippen molar-refractivity contribution in [1.82, 2.24) is 0 Å². The van der Waals surface area contributed by atoms with Crippen LogP contribution in [0.5, 0.6) is 0 Å². The van der Waals surface area contributed by atoms with Crippen LogP contribution in [0.1, 0.15) is 68.6 Å². The monoisotopic (exact) mass is 306 g/mol. The molecule has 4 heteroatoms. The Morgan fingerprint density at radius 3 is 2.28 bits per heavy atom. The standard InChI is InChI=1S/C14H20Cl2OS/c1-2-3-4-5-6-7-8-9-12(17)11-10-13(15)18-14(11)16/h10H,2-9H2,1H3. The molecule has 1 aromatic rings. The van der Waals surface area contributed by atoms with Crippen LogP contribution >= 0.6 is 34.5 Å². The molecular weight excluding hydrogens is 287 g/mol. The second-order valence-corrected chi connectivity index (χ2v) is 6.82. The summed E-state index contributed by atoms with van der Waals surface area (Å²) >= 11 is 13.0. The van der Waals surface area contributed by atoms with Crippen molar-refractivity contribution in [2.75, 3.05) is 0 Å². The number of hydrogen-bond donors (Lipinski definition) is 0. The van der Waals surface area contributed by atoms with Crippen molar-refractivity contribution in [3.8, 4) is 0 Å². The Kier molecular flexibility index (Phi) is 7.96. The highest BCUT2D eigenvalue weighted by molar-refractivity contribution is 7.20. The summed E-state index contributed by atoms with van der Waals surface area (Å²) in [5.41, 5.74) is 0.595. The molecule has 18 heavy (non-hydrogen) atoms. The van der Waals surface area contributed by atoms with Gasteiger partial charge in [0.05, 0.1) is 4.34 Å². The maximum Gasteiger partial charge on any atom is 0.165 e. The first kappa shape index (κ1) is 16.0. The lowest BCUT2D eigenvalue weighted by Crippen LogP contribution is -1.97. The Labute approximate surface area is 123 Å². The molecule has 1 rings (SSSR count). The second-order valence-electron chi connectivity index (χ2n) is 4.53. The first-order valence-electron chi connectivity index (χ1n) is 6.63. The fourth-order valence-corrected chi connectivity index (χ4v) is 3.41. The first-order valence-corrected chi connectivity index (χ1v) is 8.20. The van der Waals surface area contributed by atoms with Crippen LogP contribution in [0.4, 0.5) is 0 Å². The molecule has 102 valence electrons. The zero-order chi connectivity index (χ0) is 13.4. The van der Waals surface area contributed by atoms with Gasteiger partial charge in [-0.25, -0.2) is 0 Å².